The van der Waals surface area contributed by atoms with Gasteiger partial charge < -0.3 is 14.6 Å². The summed E-state index contributed by atoms with van der Waals surface area (Å²) in [6, 6.07) is 0. The molecule has 3 fully saturated rings. The third-order valence-corrected chi connectivity index (χ3v) is 9.13. The zero-order valence-corrected chi connectivity index (χ0v) is 19.2. The van der Waals surface area contributed by atoms with Crippen molar-refractivity contribution in [2.45, 2.75) is 92.1 Å². The molecule has 0 spiro atoms. The van der Waals surface area contributed by atoms with Crippen molar-refractivity contribution in [1.82, 2.24) is 0 Å². The maximum absolute atomic E-state index is 11.6. The van der Waals surface area contributed by atoms with Crippen LogP contribution in [0.15, 0.2) is 0 Å². The Morgan fingerprint density at radius 1 is 0.862 bits per heavy atom. The fourth-order valence-electron chi connectivity index (χ4n) is 7.89. The van der Waals surface area contributed by atoms with Crippen LogP contribution in [0.1, 0.15) is 86.5 Å². The summed E-state index contributed by atoms with van der Waals surface area (Å²) in [5.74, 6) is 0.188. The number of hydrogen-bond acceptors (Lipinski definition) is 5. The Kier molecular flexibility index (Phi) is 5.88. The van der Waals surface area contributed by atoms with E-state index in [0.29, 0.717) is 23.7 Å². The predicted molar refractivity (Wildman–Crippen MR) is 111 cm³/mol. The minimum absolute atomic E-state index is 0.0256. The molecule has 0 aromatic heterocycles. The average molecular weight is 409 g/mol. The maximum atomic E-state index is 11.6. The van der Waals surface area contributed by atoms with Crippen molar-refractivity contribution in [1.29, 1.82) is 0 Å². The largest absolute Gasteiger partial charge is 0.465 e. The first kappa shape index (κ1) is 22.6. The molecular formula is C24H40O5. The summed E-state index contributed by atoms with van der Waals surface area (Å²) in [6.07, 6.45) is 7.41. The lowest BCUT2D eigenvalue weighted by Gasteiger charge is -2.67. The van der Waals surface area contributed by atoms with Gasteiger partial charge in [0.15, 0.2) is 0 Å². The van der Waals surface area contributed by atoms with Gasteiger partial charge in [0.25, 0.3) is 0 Å². The smallest absolute Gasteiger partial charge is 0.302 e. The van der Waals surface area contributed by atoms with E-state index in [1.54, 1.807) is 0 Å². The second kappa shape index (κ2) is 7.55. The molecule has 0 unspecified atom stereocenters. The molecule has 0 aromatic carbocycles. The molecule has 3 rings (SSSR count). The van der Waals surface area contributed by atoms with Crippen molar-refractivity contribution in [3.05, 3.63) is 0 Å². The van der Waals surface area contributed by atoms with Gasteiger partial charge in [-0.2, -0.15) is 0 Å². The Morgan fingerprint density at radius 2 is 1.48 bits per heavy atom. The molecule has 5 nitrogen and oxygen atoms in total. The first-order valence-corrected chi connectivity index (χ1v) is 11.3. The number of aliphatic hydroxyl groups is 1. The Morgan fingerprint density at radius 3 is 2.10 bits per heavy atom. The molecule has 0 heterocycles. The zero-order valence-electron chi connectivity index (χ0n) is 19.2. The Bertz CT molecular complexity index is 658. The molecule has 0 bridgehead atoms. The summed E-state index contributed by atoms with van der Waals surface area (Å²) >= 11 is 0. The van der Waals surface area contributed by atoms with Crippen LogP contribution in [-0.4, -0.2) is 35.9 Å². The minimum Gasteiger partial charge on any atom is -0.465 e. The third kappa shape index (κ3) is 3.84. The van der Waals surface area contributed by atoms with E-state index < -0.39 is 5.60 Å². The van der Waals surface area contributed by atoms with Gasteiger partial charge in [0.2, 0.25) is 0 Å². The van der Waals surface area contributed by atoms with Gasteiger partial charge in [-0.25, -0.2) is 0 Å². The monoisotopic (exact) mass is 408 g/mol. The molecular weight excluding hydrogens is 368 g/mol. The van der Waals surface area contributed by atoms with Gasteiger partial charge in [0, 0.05) is 19.8 Å². The molecule has 0 saturated heterocycles. The summed E-state index contributed by atoms with van der Waals surface area (Å²) in [4.78, 5) is 23.1. The average Bonchev–Trinajstić information content (AvgIpc) is 2.58. The number of fused-ring (bicyclic) bond motifs is 3. The van der Waals surface area contributed by atoms with Crippen molar-refractivity contribution in [3.8, 4) is 0 Å². The van der Waals surface area contributed by atoms with Crippen LogP contribution < -0.4 is 0 Å². The number of carbonyl (C=O) groups excluding carboxylic acids is 2. The van der Waals surface area contributed by atoms with E-state index >= 15 is 0 Å². The van der Waals surface area contributed by atoms with E-state index in [9.17, 15) is 14.7 Å². The summed E-state index contributed by atoms with van der Waals surface area (Å²) in [5.41, 5.74) is -0.738. The van der Waals surface area contributed by atoms with Crippen LogP contribution in [-0.2, 0) is 19.1 Å². The molecule has 3 aliphatic rings. The highest BCUT2D eigenvalue weighted by atomic mass is 16.5. The predicted octanol–water partition coefficient (Wildman–Crippen LogP) is 4.50. The number of ether oxygens (including phenoxy) is 2. The van der Waals surface area contributed by atoms with Gasteiger partial charge in [0.1, 0.15) is 12.2 Å². The lowest BCUT2D eigenvalue weighted by Crippen LogP contribution is -2.65. The van der Waals surface area contributed by atoms with E-state index in [-0.39, 0.29) is 41.9 Å². The number of hydrogen-bond donors (Lipinski definition) is 1. The van der Waals surface area contributed by atoms with Crippen molar-refractivity contribution in [3.63, 3.8) is 0 Å². The van der Waals surface area contributed by atoms with Gasteiger partial charge in [-0.15, -0.1) is 0 Å². The minimum atomic E-state index is -1.15. The van der Waals surface area contributed by atoms with Crippen LogP contribution in [0.3, 0.4) is 0 Å². The molecule has 3 aliphatic carbocycles. The van der Waals surface area contributed by atoms with Crippen LogP contribution in [0.4, 0.5) is 0 Å². The second-order valence-electron chi connectivity index (χ2n) is 11.3. The van der Waals surface area contributed by atoms with Crippen LogP contribution in [0.5, 0.6) is 0 Å². The summed E-state index contributed by atoms with van der Waals surface area (Å²) < 4.78 is 10.7. The molecule has 5 heteroatoms. The van der Waals surface area contributed by atoms with E-state index in [1.165, 1.54) is 33.1 Å². The van der Waals surface area contributed by atoms with Gasteiger partial charge in [0.05, 0.1) is 6.61 Å². The fraction of sp³-hybridized carbons (Fsp3) is 0.917. The summed E-state index contributed by atoms with van der Waals surface area (Å²) in [5, 5.41) is 11.6. The van der Waals surface area contributed by atoms with Crippen molar-refractivity contribution >= 4 is 11.9 Å². The number of rotatable bonds is 4. The lowest BCUT2D eigenvalue weighted by molar-refractivity contribution is -0.235. The molecule has 1 N–H and O–H groups in total. The van der Waals surface area contributed by atoms with Gasteiger partial charge in [-0.3, -0.25) is 9.59 Å². The van der Waals surface area contributed by atoms with E-state index in [4.69, 9.17) is 9.47 Å². The SMILES string of the molecule is CC(=O)OC[C@H]1[C@@](O)(COC(C)=O)CC[C@H]2[C@]3(C)CCCC(C)(C)[C@H]3CC[C@@]21C. The second-order valence-corrected chi connectivity index (χ2v) is 11.3. The first-order chi connectivity index (χ1) is 13.4. The van der Waals surface area contributed by atoms with E-state index in [0.717, 1.165) is 19.3 Å². The summed E-state index contributed by atoms with van der Waals surface area (Å²) in [7, 11) is 0. The third-order valence-electron chi connectivity index (χ3n) is 9.13. The zero-order chi connectivity index (χ0) is 21.7. The quantitative estimate of drug-likeness (QED) is 0.693. The molecule has 0 amide bonds. The molecule has 6 atom stereocenters. The lowest BCUT2D eigenvalue weighted by atomic mass is 9.38. The van der Waals surface area contributed by atoms with E-state index in [1.807, 2.05) is 0 Å². The standard InChI is InChI=1S/C24H40O5/c1-16(25)28-14-20-23(6)12-8-18-21(3,4)10-7-11-22(18,5)19(23)9-13-24(20,27)15-29-17(2)26/h18-20,27H,7-15H2,1-6H3/t18-,19+,20-,22-,23+,24+/m1/s1. The fourth-order valence-corrected chi connectivity index (χ4v) is 7.89. The van der Waals surface area contributed by atoms with Gasteiger partial charge in [-0.05, 0) is 66.6 Å². The van der Waals surface area contributed by atoms with Crippen LogP contribution in [0.25, 0.3) is 0 Å². The number of esters is 2. The highest BCUT2D eigenvalue weighted by Gasteiger charge is 2.65. The summed E-state index contributed by atoms with van der Waals surface area (Å²) in [6.45, 7) is 12.5. The maximum Gasteiger partial charge on any atom is 0.302 e. The Hall–Kier alpha value is -1.10. The van der Waals surface area contributed by atoms with Crippen molar-refractivity contribution in [2.75, 3.05) is 13.2 Å². The Labute approximate surface area is 175 Å². The van der Waals surface area contributed by atoms with Crippen LogP contribution >= 0.6 is 0 Å². The molecule has 0 aromatic rings. The van der Waals surface area contributed by atoms with Crippen LogP contribution in [0, 0.1) is 34.0 Å². The normalized spacial score (nSPS) is 43.6. The Balaban J connectivity index is 1.96. The first-order valence-electron chi connectivity index (χ1n) is 11.3. The van der Waals surface area contributed by atoms with Crippen molar-refractivity contribution < 1.29 is 24.2 Å². The number of carbonyl (C=O) groups is 2. The molecule has 0 aliphatic heterocycles. The van der Waals surface area contributed by atoms with Gasteiger partial charge >= 0.3 is 11.9 Å². The van der Waals surface area contributed by atoms with Crippen LogP contribution in [0.2, 0.25) is 0 Å². The van der Waals surface area contributed by atoms with Gasteiger partial charge in [-0.1, -0.05) is 34.1 Å². The highest BCUT2D eigenvalue weighted by molar-refractivity contribution is 5.66. The molecule has 3 saturated carbocycles. The highest BCUT2D eigenvalue weighted by Crippen LogP contribution is 2.69. The van der Waals surface area contributed by atoms with Crippen molar-refractivity contribution in [2.24, 2.45) is 34.0 Å². The molecule has 0 radical (unpaired) electrons. The molecule has 29 heavy (non-hydrogen) atoms. The topological polar surface area (TPSA) is 72.8 Å². The molecule has 166 valence electrons. The van der Waals surface area contributed by atoms with E-state index in [2.05, 4.69) is 27.7 Å².